The average Bonchev–Trinajstić information content (AvgIpc) is 3.42. The molecule has 1 atom stereocenters. The number of hydrogen-bond acceptors (Lipinski definition) is 5. The van der Waals surface area contributed by atoms with Gasteiger partial charge in [0.25, 0.3) is 5.91 Å². The summed E-state index contributed by atoms with van der Waals surface area (Å²) in [6, 6.07) is 14.1. The lowest BCUT2D eigenvalue weighted by molar-refractivity contribution is -0.123. The number of carbonyl (C=O) groups excluding carboxylic acids is 1. The second kappa shape index (κ2) is 8.03. The van der Waals surface area contributed by atoms with Crippen LogP contribution in [0.5, 0.6) is 0 Å². The zero-order chi connectivity index (χ0) is 19.7. The molecule has 3 aromatic rings. The maximum absolute atomic E-state index is 12.9. The number of aromatic nitrogens is 2. The van der Waals surface area contributed by atoms with Gasteiger partial charge in [0.05, 0.1) is 15.5 Å². The van der Waals surface area contributed by atoms with Gasteiger partial charge in [-0.05, 0) is 43.0 Å². The van der Waals surface area contributed by atoms with Crippen molar-refractivity contribution < 1.29 is 4.79 Å². The number of thioether (sulfide) groups is 1. The van der Waals surface area contributed by atoms with Crippen LogP contribution in [0.25, 0.3) is 22.3 Å². The molecule has 0 saturated carbocycles. The molecule has 142 valence electrons. The van der Waals surface area contributed by atoms with Gasteiger partial charge in [0.2, 0.25) is 0 Å². The summed E-state index contributed by atoms with van der Waals surface area (Å²) in [4.78, 5) is 16.4. The lowest BCUT2D eigenvalue weighted by Gasteiger charge is -2.21. The van der Waals surface area contributed by atoms with E-state index in [1.165, 1.54) is 11.8 Å². The van der Waals surface area contributed by atoms with E-state index < -0.39 is 0 Å². The van der Waals surface area contributed by atoms with Crippen LogP contribution in [-0.2, 0) is 4.79 Å². The first-order valence-electron chi connectivity index (χ1n) is 9.04. The van der Waals surface area contributed by atoms with Crippen LogP contribution in [0.4, 0.5) is 0 Å². The van der Waals surface area contributed by atoms with Crippen LogP contribution >= 0.6 is 35.3 Å². The van der Waals surface area contributed by atoms with Gasteiger partial charge in [0, 0.05) is 17.8 Å². The fourth-order valence-electron chi connectivity index (χ4n) is 2.99. The number of para-hydroxylation sites is 1. The molecule has 3 heterocycles. The SMILES string of the molecule is CC[C@H](C)N1C(=O)/C(=C/c2cn(-c3ccccc3)nc2-c2cccs2)SC1=S. The number of carbonyl (C=O) groups is 1. The van der Waals surface area contributed by atoms with Crippen LogP contribution < -0.4 is 0 Å². The van der Waals surface area contributed by atoms with Crippen molar-refractivity contribution in [3.8, 4) is 16.3 Å². The molecule has 1 saturated heterocycles. The molecule has 0 aliphatic carbocycles. The van der Waals surface area contributed by atoms with Crippen LogP contribution in [0.2, 0.25) is 0 Å². The van der Waals surface area contributed by atoms with Crippen molar-refractivity contribution in [3.63, 3.8) is 0 Å². The third-order valence-electron chi connectivity index (χ3n) is 4.66. The third-order valence-corrected chi connectivity index (χ3v) is 6.87. The largest absolute Gasteiger partial charge is 0.290 e. The normalized spacial score (nSPS) is 16.9. The Morgan fingerprint density at radius 1 is 1.21 bits per heavy atom. The lowest BCUT2D eigenvalue weighted by atomic mass is 10.2. The lowest BCUT2D eigenvalue weighted by Crippen LogP contribution is -2.36. The summed E-state index contributed by atoms with van der Waals surface area (Å²) in [5.74, 6) is -0.0195. The van der Waals surface area contributed by atoms with E-state index in [1.807, 2.05) is 71.7 Å². The molecule has 0 spiro atoms. The van der Waals surface area contributed by atoms with Gasteiger partial charge in [-0.25, -0.2) is 4.68 Å². The Morgan fingerprint density at radius 2 is 2.00 bits per heavy atom. The highest BCUT2D eigenvalue weighted by molar-refractivity contribution is 8.26. The van der Waals surface area contributed by atoms with Gasteiger partial charge in [-0.15, -0.1) is 11.3 Å². The zero-order valence-electron chi connectivity index (χ0n) is 15.5. The third kappa shape index (κ3) is 3.57. The quantitative estimate of drug-likeness (QED) is 0.394. The van der Waals surface area contributed by atoms with Crippen molar-refractivity contribution in [2.45, 2.75) is 26.3 Å². The molecular weight excluding hydrogens is 406 g/mol. The minimum atomic E-state index is -0.0195. The number of hydrogen-bond donors (Lipinski definition) is 0. The predicted octanol–water partition coefficient (Wildman–Crippen LogP) is 5.60. The minimum absolute atomic E-state index is 0.0195. The number of rotatable bonds is 5. The topological polar surface area (TPSA) is 38.1 Å². The van der Waals surface area contributed by atoms with Crippen molar-refractivity contribution >= 4 is 51.6 Å². The van der Waals surface area contributed by atoms with Gasteiger partial charge in [-0.2, -0.15) is 5.10 Å². The van der Waals surface area contributed by atoms with Crippen molar-refractivity contribution in [2.75, 3.05) is 0 Å². The molecule has 4 rings (SSSR count). The molecule has 28 heavy (non-hydrogen) atoms. The first-order chi connectivity index (χ1) is 13.6. The number of thiocarbonyl (C=S) groups is 1. The van der Waals surface area contributed by atoms with Crippen molar-refractivity contribution in [3.05, 3.63) is 64.5 Å². The van der Waals surface area contributed by atoms with Gasteiger partial charge in [0.1, 0.15) is 10.0 Å². The second-order valence-corrected chi connectivity index (χ2v) is 9.12. The molecule has 0 unspecified atom stereocenters. The molecule has 7 heteroatoms. The summed E-state index contributed by atoms with van der Waals surface area (Å²) in [6.07, 6.45) is 4.76. The molecule has 0 N–H and O–H groups in total. The Kier molecular flexibility index (Phi) is 5.48. The molecule has 1 fully saturated rings. The molecular formula is C21H19N3OS3. The first-order valence-corrected chi connectivity index (χ1v) is 11.1. The summed E-state index contributed by atoms with van der Waals surface area (Å²) in [7, 11) is 0. The molecule has 0 radical (unpaired) electrons. The Morgan fingerprint density at radius 3 is 2.68 bits per heavy atom. The summed E-state index contributed by atoms with van der Waals surface area (Å²) in [5.41, 5.74) is 2.76. The standard InChI is InChI=1S/C21H19N3OS3/c1-3-14(2)24-20(25)18(28-21(24)26)12-15-13-23(16-8-5-4-6-9-16)22-19(15)17-10-7-11-27-17/h4-14H,3H2,1-2H3/b18-12-/t14-/m0/s1. The van der Waals surface area contributed by atoms with E-state index in [-0.39, 0.29) is 11.9 Å². The van der Waals surface area contributed by atoms with E-state index in [9.17, 15) is 4.79 Å². The first kappa shape index (κ1) is 19.1. The molecule has 1 aliphatic heterocycles. The van der Waals surface area contributed by atoms with E-state index in [0.29, 0.717) is 9.23 Å². The highest BCUT2D eigenvalue weighted by atomic mass is 32.2. The molecule has 0 bridgehead atoms. The number of amides is 1. The van der Waals surface area contributed by atoms with Crippen LogP contribution in [-0.4, -0.2) is 30.9 Å². The van der Waals surface area contributed by atoms with Crippen molar-refractivity contribution in [2.24, 2.45) is 0 Å². The fraction of sp³-hybridized carbons (Fsp3) is 0.190. The van der Waals surface area contributed by atoms with Crippen LogP contribution in [0.1, 0.15) is 25.8 Å². The minimum Gasteiger partial charge on any atom is -0.290 e. The number of nitrogens with zero attached hydrogens (tertiary/aromatic N) is 3. The maximum atomic E-state index is 12.9. The maximum Gasteiger partial charge on any atom is 0.266 e. The molecule has 1 amide bonds. The van der Waals surface area contributed by atoms with E-state index in [4.69, 9.17) is 17.3 Å². The van der Waals surface area contributed by atoms with Crippen molar-refractivity contribution in [1.82, 2.24) is 14.7 Å². The van der Waals surface area contributed by atoms with Gasteiger partial charge < -0.3 is 0 Å². The Balaban J connectivity index is 1.77. The molecule has 4 nitrogen and oxygen atoms in total. The van der Waals surface area contributed by atoms with Gasteiger partial charge in [0.15, 0.2) is 0 Å². The van der Waals surface area contributed by atoms with E-state index in [1.54, 1.807) is 16.2 Å². The smallest absolute Gasteiger partial charge is 0.266 e. The van der Waals surface area contributed by atoms with E-state index >= 15 is 0 Å². The fourth-order valence-corrected chi connectivity index (χ4v) is 5.18. The highest BCUT2D eigenvalue weighted by Crippen LogP contribution is 2.36. The predicted molar refractivity (Wildman–Crippen MR) is 122 cm³/mol. The summed E-state index contributed by atoms with van der Waals surface area (Å²) in [6.45, 7) is 4.09. The Hall–Kier alpha value is -2.22. The van der Waals surface area contributed by atoms with Crippen LogP contribution in [0.3, 0.4) is 0 Å². The van der Waals surface area contributed by atoms with E-state index in [0.717, 1.165) is 28.2 Å². The zero-order valence-corrected chi connectivity index (χ0v) is 18.0. The monoisotopic (exact) mass is 425 g/mol. The highest BCUT2D eigenvalue weighted by Gasteiger charge is 2.35. The van der Waals surface area contributed by atoms with Gasteiger partial charge in [-0.3, -0.25) is 9.69 Å². The Labute approximate surface area is 177 Å². The number of thiophene rings is 1. The van der Waals surface area contributed by atoms with E-state index in [2.05, 4.69) is 6.92 Å². The molecule has 1 aliphatic rings. The summed E-state index contributed by atoms with van der Waals surface area (Å²) >= 11 is 8.46. The van der Waals surface area contributed by atoms with Gasteiger partial charge >= 0.3 is 0 Å². The Bertz CT molecular complexity index is 1040. The number of benzene rings is 1. The molecule has 2 aromatic heterocycles. The summed E-state index contributed by atoms with van der Waals surface area (Å²) in [5, 5.41) is 6.83. The van der Waals surface area contributed by atoms with Crippen LogP contribution in [0, 0.1) is 0 Å². The second-order valence-electron chi connectivity index (χ2n) is 6.50. The van der Waals surface area contributed by atoms with Gasteiger partial charge in [-0.1, -0.05) is 55.2 Å². The average molecular weight is 426 g/mol. The van der Waals surface area contributed by atoms with Crippen molar-refractivity contribution in [1.29, 1.82) is 0 Å². The summed E-state index contributed by atoms with van der Waals surface area (Å²) < 4.78 is 2.48. The van der Waals surface area contributed by atoms with Crippen LogP contribution in [0.15, 0.2) is 58.9 Å². The molecule has 1 aromatic carbocycles.